The monoisotopic (exact) mass is 277 g/mol. The largest absolute Gasteiger partial charge is 0.493 e. The molecule has 0 saturated carbocycles. The standard InChI is InChI=1S/C15H20FN3O/c1-3-17-10-13-8-14(16)4-5-15(13)20-7-6-12-9-18-19(2)11-12/h4-5,8-9,11,17H,3,6-7,10H2,1-2H3. The van der Waals surface area contributed by atoms with E-state index in [4.69, 9.17) is 4.74 Å². The number of aromatic nitrogens is 2. The van der Waals surface area contributed by atoms with Crippen LogP contribution in [0.25, 0.3) is 0 Å². The number of benzene rings is 1. The Morgan fingerprint density at radius 3 is 2.95 bits per heavy atom. The van der Waals surface area contributed by atoms with Crippen LogP contribution in [0.5, 0.6) is 5.75 Å². The van der Waals surface area contributed by atoms with E-state index in [0.717, 1.165) is 29.8 Å². The molecular weight excluding hydrogens is 257 g/mol. The number of aryl methyl sites for hydroxylation is 1. The Labute approximate surface area is 118 Å². The summed E-state index contributed by atoms with van der Waals surface area (Å²) in [7, 11) is 1.89. The molecule has 0 aliphatic heterocycles. The number of hydrogen-bond donors (Lipinski definition) is 1. The highest BCUT2D eigenvalue weighted by molar-refractivity contribution is 5.34. The minimum absolute atomic E-state index is 0.238. The Morgan fingerprint density at radius 2 is 2.25 bits per heavy atom. The van der Waals surface area contributed by atoms with Gasteiger partial charge in [0.05, 0.1) is 12.8 Å². The van der Waals surface area contributed by atoms with Crippen molar-refractivity contribution >= 4 is 0 Å². The third-order valence-electron chi connectivity index (χ3n) is 2.99. The van der Waals surface area contributed by atoms with Gasteiger partial charge in [-0.3, -0.25) is 4.68 Å². The maximum Gasteiger partial charge on any atom is 0.123 e. The van der Waals surface area contributed by atoms with Crippen molar-refractivity contribution in [3.8, 4) is 5.75 Å². The van der Waals surface area contributed by atoms with E-state index in [1.807, 2.05) is 26.4 Å². The second-order valence-corrected chi connectivity index (χ2v) is 4.65. The quantitative estimate of drug-likeness (QED) is 0.844. The van der Waals surface area contributed by atoms with Gasteiger partial charge in [0.25, 0.3) is 0 Å². The van der Waals surface area contributed by atoms with Gasteiger partial charge in [-0.2, -0.15) is 5.10 Å². The third-order valence-corrected chi connectivity index (χ3v) is 2.99. The maximum atomic E-state index is 13.3. The molecular formula is C15H20FN3O. The normalized spacial score (nSPS) is 10.8. The predicted molar refractivity (Wildman–Crippen MR) is 76.2 cm³/mol. The second kappa shape index (κ2) is 7.05. The van der Waals surface area contributed by atoms with Gasteiger partial charge in [-0.05, 0) is 30.3 Å². The lowest BCUT2D eigenvalue weighted by molar-refractivity contribution is 0.317. The highest BCUT2D eigenvalue weighted by atomic mass is 19.1. The average Bonchev–Trinajstić information content (AvgIpc) is 2.84. The van der Waals surface area contributed by atoms with Gasteiger partial charge in [0.15, 0.2) is 0 Å². The minimum Gasteiger partial charge on any atom is -0.493 e. The van der Waals surface area contributed by atoms with Crippen LogP contribution in [-0.4, -0.2) is 22.9 Å². The Balaban J connectivity index is 1.94. The Morgan fingerprint density at radius 1 is 1.40 bits per heavy atom. The first-order valence-corrected chi connectivity index (χ1v) is 6.78. The molecule has 0 amide bonds. The molecule has 0 saturated heterocycles. The molecule has 1 heterocycles. The molecule has 0 atom stereocenters. The van der Waals surface area contributed by atoms with Crippen LogP contribution >= 0.6 is 0 Å². The topological polar surface area (TPSA) is 39.1 Å². The van der Waals surface area contributed by atoms with Gasteiger partial charge in [-0.15, -0.1) is 0 Å². The summed E-state index contributed by atoms with van der Waals surface area (Å²) >= 11 is 0. The van der Waals surface area contributed by atoms with E-state index in [1.165, 1.54) is 12.1 Å². The number of ether oxygens (including phenoxy) is 1. The molecule has 108 valence electrons. The summed E-state index contributed by atoms with van der Waals surface area (Å²) in [6.45, 7) is 4.01. The van der Waals surface area contributed by atoms with Crippen LogP contribution in [-0.2, 0) is 20.0 Å². The molecule has 0 aliphatic rings. The second-order valence-electron chi connectivity index (χ2n) is 4.65. The molecule has 0 radical (unpaired) electrons. The van der Waals surface area contributed by atoms with Crippen LogP contribution in [0.2, 0.25) is 0 Å². The fourth-order valence-corrected chi connectivity index (χ4v) is 1.97. The van der Waals surface area contributed by atoms with Crippen LogP contribution < -0.4 is 10.1 Å². The van der Waals surface area contributed by atoms with E-state index in [1.54, 1.807) is 10.7 Å². The van der Waals surface area contributed by atoms with Gasteiger partial charge in [-0.1, -0.05) is 6.92 Å². The van der Waals surface area contributed by atoms with Crippen LogP contribution in [0.1, 0.15) is 18.1 Å². The lowest BCUT2D eigenvalue weighted by Gasteiger charge is -2.11. The van der Waals surface area contributed by atoms with Crippen molar-refractivity contribution in [2.75, 3.05) is 13.2 Å². The number of rotatable bonds is 7. The van der Waals surface area contributed by atoms with E-state index >= 15 is 0 Å². The smallest absolute Gasteiger partial charge is 0.123 e. The number of nitrogens with zero attached hydrogens (tertiary/aromatic N) is 2. The van der Waals surface area contributed by atoms with Crippen molar-refractivity contribution in [1.29, 1.82) is 0 Å². The summed E-state index contributed by atoms with van der Waals surface area (Å²) in [5, 5.41) is 7.30. The Bertz CT molecular complexity index is 554. The predicted octanol–water partition coefficient (Wildman–Crippen LogP) is 2.29. The molecule has 0 fully saturated rings. The fraction of sp³-hybridized carbons (Fsp3) is 0.400. The zero-order valence-corrected chi connectivity index (χ0v) is 11.9. The van der Waals surface area contributed by atoms with Gasteiger partial charge >= 0.3 is 0 Å². The Kier molecular flexibility index (Phi) is 5.12. The third kappa shape index (κ3) is 4.06. The number of hydrogen-bond acceptors (Lipinski definition) is 3. The summed E-state index contributed by atoms with van der Waals surface area (Å²) < 4.78 is 20.8. The molecule has 0 aliphatic carbocycles. The molecule has 0 bridgehead atoms. The summed E-state index contributed by atoms with van der Waals surface area (Å²) in [4.78, 5) is 0. The molecule has 1 aromatic heterocycles. The van der Waals surface area contributed by atoms with Gasteiger partial charge < -0.3 is 10.1 Å². The first kappa shape index (κ1) is 14.5. The van der Waals surface area contributed by atoms with Crippen LogP contribution in [0.3, 0.4) is 0 Å². The maximum absolute atomic E-state index is 13.3. The van der Waals surface area contributed by atoms with Crippen molar-refractivity contribution in [3.05, 3.63) is 47.5 Å². The fourth-order valence-electron chi connectivity index (χ4n) is 1.97. The van der Waals surface area contributed by atoms with Crippen molar-refractivity contribution in [3.63, 3.8) is 0 Å². The summed E-state index contributed by atoms with van der Waals surface area (Å²) in [6, 6.07) is 4.63. The SMILES string of the molecule is CCNCc1cc(F)ccc1OCCc1cnn(C)c1. The van der Waals surface area contributed by atoms with E-state index in [2.05, 4.69) is 10.4 Å². The summed E-state index contributed by atoms with van der Waals surface area (Å²) in [5.41, 5.74) is 1.97. The molecule has 2 aromatic rings. The van der Waals surface area contributed by atoms with Crippen molar-refractivity contribution < 1.29 is 9.13 Å². The zero-order valence-electron chi connectivity index (χ0n) is 11.9. The molecule has 4 nitrogen and oxygen atoms in total. The molecule has 20 heavy (non-hydrogen) atoms. The number of nitrogens with one attached hydrogen (secondary N) is 1. The van der Waals surface area contributed by atoms with E-state index < -0.39 is 0 Å². The van der Waals surface area contributed by atoms with E-state index in [9.17, 15) is 4.39 Å². The highest BCUT2D eigenvalue weighted by Gasteiger charge is 2.06. The van der Waals surface area contributed by atoms with Crippen molar-refractivity contribution in [1.82, 2.24) is 15.1 Å². The number of halogens is 1. The lowest BCUT2D eigenvalue weighted by Crippen LogP contribution is -2.13. The Hall–Kier alpha value is -1.88. The van der Waals surface area contributed by atoms with Crippen LogP contribution in [0.4, 0.5) is 4.39 Å². The summed E-state index contributed by atoms with van der Waals surface area (Å²) in [6.07, 6.45) is 4.58. The van der Waals surface area contributed by atoms with Gasteiger partial charge in [-0.25, -0.2) is 4.39 Å². The lowest BCUT2D eigenvalue weighted by atomic mass is 10.2. The molecule has 1 N–H and O–H groups in total. The van der Waals surface area contributed by atoms with E-state index in [0.29, 0.717) is 13.2 Å². The van der Waals surface area contributed by atoms with Crippen molar-refractivity contribution in [2.45, 2.75) is 19.9 Å². The first-order valence-electron chi connectivity index (χ1n) is 6.78. The molecule has 2 rings (SSSR count). The van der Waals surface area contributed by atoms with Gasteiger partial charge in [0, 0.05) is 31.8 Å². The van der Waals surface area contributed by atoms with Crippen LogP contribution in [0.15, 0.2) is 30.6 Å². The van der Waals surface area contributed by atoms with Crippen LogP contribution in [0, 0.1) is 5.82 Å². The summed E-state index contributed by atoms with van der Waals surface area (Å²) in [5.74, 6) is 0.494. The van der Waals surface area contributed by atoms with Gasteiger partial charge in [0.2, 0.25) is 0 Å². The molecule has 1 aromatic carbocycles. The van der Waals surface area contributed by atoms with E-state index in [-0.39, 0.29) is 5.82 Å². The molecule has 5 heteroatoms. The highest BCUT2D eigenvalue weighted by Crippen LogP contribution is 2.20. The average molecular weight is 277 g/mol. The van der Waals surface area contributed by atoms with Gasteiger partial charge in [0.1, 0.15) is 11.6 Å². The van der Waals surface area contributed by atoms with Crippen molar-refractivity contribution in [2.24, 2.45) is 7.05 Å². The molecule has 0 unspecified atom stereocenters. The first-order chi connectivity index (χ1) is 9.69. The molecule has 0 spiro atoms. The minimum atomic E-state index is -0.238. The zero-order chi connectivity index (χ0) is 14.4.